The highest BCUT2D eigenvalue weighted by Gasteiger charge is 2.12. The fourth-order valence-corrected chi connectivity index (χ4v) is 2.27. The highest BCUT2D eigenvalue weighted by molar-refractivity contribution is 7.13. The van der Waals surface area contributed by atoms with Crippen molar-refractivity contribution in [1.29, 1.82) is 0 Å². The van der Waals surface area contributed by atoms with Crippen LogP contribution in [0.1, 0.15) is 27.7 Å². The molecule has 0 radical (unpaired) electrons. The first kappa shape index (κ1) is 12.5. The fraction of sp³-hybridized carbons (Fsp3) is 0.727. The van der Waals surface area contributed by atoms with Crippen molar-refractivity contribution < 1.29 is 0 Å². The number of nitrogens with zero attached hydrogens (tertiary/aromatic N) is 2. The average molecular weight is 227 g/mol. The third-order valence-corrected chi connectivity index (χ3v) is 3.14. The Morgan fingerprint density at radius 1 is 1.33 bits per heavy atom. The van der Waals surface area contributed by atoms with Crippen LogP contribution in [-0.4, -0.2) is 35.1 Å². The van der Waals surface area contributed by atoms with Gasteiger partial charge in [-0.1, -0.05) is 0 Å². The van der Waals surface area contributed by atoms with E-state index in [1.165, 1.54) is 0 Å². The lowest BCUT2D eigenvalue weighted by atomic mass is 10.2. The fourth-order valence-electron chi connectivity index (χ4n) is 1.72. The molecule has 4 heteroatoms. The molecule has 0 aliphatic rings. The van der Waals surface area contributed by atoms with E-state index in [1.54, 1.807) is 11.3 Å². The van der Waals surface area contributed by atoms with Crippen molar-refractivity contribution in [3.63, 3.8) is 0 Å². The maximum absolute atomic E-state index is 4.19. The van der Waals surface area contributed by atoms with Crippen molar-refractivity contribution in [2.24, 2.45) is 0 Å². The molecule has 1 aromatic rings. The Balaban J connectivity index is 2.28. The Morgan fingerprint density at radius 2 is 2.00 bits per heavy atom. The van der Waals surface area contributed by atoms with E-state index >= 15 is 0 Å². The van der Waals surface area contributed by atoms with Crippen LogP contribution in [0.5, 0.6) is 0 Å². The molecule has 0 aliphatic carbocycles. The van der Waals surface area contributed by atoms with Crippen molar-refractivity contribution in [1.82, 2.24) is 9.88 Å². The SMILES string of the molecule is CC(C)N(CCNc1nccs1)C(C)C. The van der Waals surface area contributed by atoms with E-state index in [4.69, 9.17) is 0 Å². The first-order chi connectivity index (χ1) is 7.11. The molecule has 0 aromatic carbocycles. The van der Waals surface area contributed by atoms with E-state index in [1.807, 2.05) is 11.6 Å². The summed E-state index contributed by atoms with van der Waals surface area (Å²) in [6.45, 7) is 11.0. The molecule has 0 aliphatic heterocycles. The molecule has 1 aromatic heterocycles. The minimum Gasteiger partial charge on any atom is -0.360 e. The molecule has 3 nitrogen and oxygen atoms in total. The maximum atomic E-state index is 4.19. The Hall–Kier alpha value is -0.610. The van der Waals surface area contributed by atoms with Gasteiger partial charge in [0.15, 0.2) is 5.13 Å². The van der Waals surface area contributed by atoms with Gasteiger partial charge in [-0.25, -0.2) is 4.98 Å². The minimum absolute atomic E-state index is 0.600. The van der Waals surface area contributed by atoms with Crippen molar-refractivity contribution in [2.45, 2.75) is 39.8 Å². The monoisotopic (exact) mass is 227 g/mol. The van der Waals surface area contributed by atoms with Gasteiger partial charge in [0.2, 0.25) is 0 Å². The second kappa shape index (κ2) is 6.08. The van der Waals surface area contributed by atoms with Crippen LogP contribution in [-0.2, 0) is 0 Å². The zero-order valence-corrected chi connectivity index (χ0v) is 10.8. The number of nitrogens with one attached hydrogen (secondary N) is 1. The lowest BCUT2D eigenvalue weighted by Gasteiger charge is -2.30. The number of rotatable bonds is 6. The molecule has 1 heterocycles. The smallest absolute Gasteiger partial charge is 0.182 e. The molecule has 0 amide bonds. The Bertz CT molecular complexity index is 249. The van der Waals surface area contributed by atoms with Gasteiger partial charge in [-0.3, -0.25) is 4.90 Å². The van der Waals surface area contributed by atoms with Gasteiger partial charge in [-0.15, -0.1) is 11.3 Å². The van der Waals surface area contributed by atoms with Gasteiger partial charge in [-0.05, 0) is 27.7 Å². The Morgan fingerprint density at radius 3 is 2.47 bits per heavy atom. The van der Waals surface area contributed by atoms with Crippen molar-refractivity contribution in [3.05, 3.63) is 11.6 Å². The summed E-state index contributed by atoms with van der Waals surface area (Å²) in [5.74, 6) is 0. The van der Waals surface area contributed by atoms with Gasteiger partial charge in [0.05, 0.1) is 0 Å². The zero-order valence-electron chi connectivity index (χ0n) is 10.0. The zero-order chi connectivity index (χ0) is 11.3. The predicted molar refractivity (Wildman–Crippen MR) is 67.6 cm³/mol. The Labute approximate surface area is 96.5 Å². The van der Waals surface area contributed by atoms with Crippen LogP contribution in [0.2, 0.25) is 0 Å². The third kappa shape index (κ3) is 4.18. The van der Waals surface area contributed by atoms with Gasteiger partial charge >= 0.3 is 0 Å². The molecule has 0 atom stereocenters. The molecule has 0 bridgehead atoms. The van der Waals surface area contributed by atoms with Crippen LogP contribution in [0.25, 0.3) is 0 Å². The van der Waals surface area contributed by atoms with Crippen molar-refractivity contribution in [2.75, 3.05) is 18.4 Å². The quantitative estimate of drug-likeness (QED) is 0.810. The van der Waals surface area contributed by atoms with Gasteiger partial charge in [-0.2, -0.15) is 0 Å². The van der Waals surface area contributed by atoms with Gasteiger partial charge < -0.3 is 5.32 Å². The van der Waals surface area contributed by atoms with Crippen LogP contribution in [0.3, 0.4) is 0 Å². The molecule has 0 saturated heterocycles. The van der Waals surface area contributed by atoms with Crippen molar-refractivity contribution in [3.8, 4) is 0 Å². The highest BCUT2D eigenvalue weighted by atomic mass is 32.1. The van der Waals surface area contributed by atoms with Gasteiger partial charge in [0.25, 0.3) is 0 Å². The Kier molecular flexibility index (Phi) is 5.05. The van der Waals surface area contributed by atoms with Gasteiger partial charge in [0.1, 0.15) is 0 Å². The van der Waals surface area contributed by atoms with E-state index in [9.17, 15) is 0 Å². The first-order valence-corrected chi connectivity index (χ1v) is 6.38. The molecule has 15 heavy (non-hydrogen) atoms. The van der Waals surface area contributed by atoms with Crippen LogP contribution < -0.4 is 5.32 Å². The molecule has 0 spiro atoms. The molecule has 0 saturated carbocycles. The summed E-state index contributed by atoms with van der Waals surface area (Å²) in [6.07, 6.45) is 1.83. The second-order valence-corrected chi connectivity index (χ2v) is 5.08. The summed E-state index contributed by atoms with van der Waals surface area (Å²) in [6, 6.07) is 1.20. The molecular formula is C11H21N3S. The largest absolute Gasteiger partial charge is 0.360 e. The summed E-state index contributed by atoms with van der Waals surface area (Å²) in [7, 11) is 0. The normalized spacial score (nSPS) is 11.7. The van der Waals surface area contributed by atoms with E-state index in [0.717, 1.165) is 18.2 Å². The summed E-state index contributed by atoms with van der Waals surface area (Å²) in [5.41, 5.74) is 0. The molecule has 86 valence electrons. The molecular weight excluding hydrogens is 206 g/mol. The second-order valence-electron chi connectivity index (χ2n) is 4.19. The number of anilines is 1. The van der Waals surface area contributed by atoms with Crippen LogP contribution >= 0.6 is 11.3 Å². The minimum atomic E-state index is 0.600. The van der Waals surface area contributed by atoms with E-state index in [2.05, 4.69) is 42.9 Å². The number of thiazole rings is 1. The first-order valence-electron chi connectivity index (χ1n) is 5.50. The van der Waals surface area contributed by atoms with Crippen LogP contribution in [0.4, 0.5) is 5.13 Å². The van der Waals surface area contributed by atoms with E-state index in [-0.39, 0.29) is 0 Å². The third-order valence-electron chi connectivity index (χ3n) is 2.41. The summed E-state index contributed by atoms with van der Waals surface area (Å²) in [4.78, 5) is 6.66. The van der Waals surface area contributed by atoms with Crippen LogP contribution in [0, 0.1) is 0 Å². The van der Waals surface area contributed by atoms with Crippen LogP contribution in [0.15, 0.2) is 11.6 Å². The summed E-state index contributed by atoms with van der Waals surface area (Å²) >= 11 is 1.65. The van der Waals surface area contributed by atoms with Gasteiger partial charge in [0, 0.05) is 36.8 Å². The number of hydrogen-bond acceptors (Lipinski definition) is 4. The number of aromatic nitrogens is 1. The standard InChI is InChI=1S/C11H21N3S/c1-9(2)14(10(3)4)7-5-12-11-13-6-8-15-11/h6,8-10H,5,7H2,1-4H3,(H,12,13). The molecule has 0 fully saturated rings. The van der Waals surface area contributed by atoms with E-state index in [0.29, 0.717) is 12.1 Å². The number of hydrogen-bond donors (Lipinski definition) is 1. The lowest BCUT2D eigenvalue weighted by molar-refractivity contribution is 0.182. The summed E-state index contributed by atoms with van der Waals surface area (Å²) < 4.78 is 0. The average Bonchev–Trinajstić information content (AvgIpc) is 2.63. The molecule has 1 rings (SSSR count). The van der Waals surface area contributed by atoms with Crippen molar-refractivity contribution >= 4 is 16.5 Å². The highest BCUT2D eigenvalue weighted by Crippen LogP contribution is 2.10. The topological polar surface area (TPSA) is 28.2 Å². The lowest BCUT2D eigenvalue weighted by Crippen LogP contribution is -2.40. The van der Waals surface area contributed by atoms with E-state index < -0.39 is 0 Å². The maximum Gasteiger partial charge on any atom is 0.182 e. The predicted octanol–water partition coefficient (Wildman–Crippen LogP) is 2.67. The summed E-state index contributed by atoms with van der Waals surface area (Å²) in [5, 5.41) is 6.34. The molecule has 1 N–H and O–H groups in total. The molecule has 0 unspecified atom stereocenters.